The molecule has 0 spiro atoms. The molecule has 1 N–H and O–H groups in total. The standard InChI is InChI=1S/C15H10O2S/c16-15(17)11-8-13(10-4-2-1-3-5-10)12-6-7-18-14(12)9-11/h1-9H,(H,16,17). The van der Waals surface area contributed by atoms with Gasteiger partial charge in [0.05, 0.1) is 5.56 Å². The predicted molar refractivity (Wildman–Crippen MR) is 74.2 cm³/mol. The molecule has 0 aliphatic heterocycles. The monoisotopic (exact) mass is 254 g/mol. The molecular weight excluding hydrogens is 244 g/mol. The summed E-state index contributed by atoms with van der Waals surface area (Å²) in [4.78, 5) is 11.2. The lowest BCUT2D eigenvalue weighted by Crippen LogP contribution is -1.96. The molecule has 0 aliphatic carbocycles. The van der Waals surface area contributed by atoms with Crippen molar-refractivity contribution >= 4 is 27.4 Å². The molecular formula is C15H10O2S. The maximum atomic E-state index is 11.2. The van der Waals surface area contributed by atoms with Crippen LogP contribution in [0.25, 0.3) is 21.2 Å². The predicted octanol–water partition coefficient (Wildman–Crippen LogP) is 4.27. The summed E-state index contributed by atoms with van der Waals surface area (Å²) in [6, 6.07) is 15.4. The topological polar surface area (TPSA) is 37.3 Å². The maximum absolute atomic E-state index is 11.2. The van der Waals surface area contributed by atoms with Gasteiger partial charge in [-0.05, 0) is 34.7 Å². The van der Waals surface area contributed by atoms with Gasteiger partial charge in [0.15, 0.2) is 0 Å². The quantitative estimate of drug-likeness (QED) is 0.741. The van der Waals surface area contributed by atoms with Crippen LogP contribution < -0.4 is 0 Å². The Hall–Kier alpha value is -2.13. The van der Waals surface area contributed by atoms with Crippen LogP contribution in [0.3, 0.4) is 0 Å². The Labute approximate surface area is 108 Å². The van der Waals surface area contributed by atoms with Crippen molar-refractivity contribution in [1.29, 1.82) is 0 Å². The van der Waals surface area contributed by atoms with Crippen molar-refractivity contribution in [2.45, 2.75) is 0 Å². The third-order valence-corrected chi connectivity index (χ3v) is 3.77. The minimum absolute atomic E-state index is 0.337. The highest BCUT2D eigenvalue weighted by molar-refractivity contribution is 7.17. The van der Waals surface area contributed by atoms with Gasteiger partial charge in [-0.25, -0.2) is 4.79 Å². The van der Waals surface area contributed by atoms with Crippen LogP contribution in [0.5, 0.6) is 0 Å². The van der Waals surface area contributed by atoms with E-state index in [0.29, 0.717) is 5.56 Å². The Morgan fingerprint density at radius 2 is 1.83 bits per heavy atom. The van der Waals surface area contributed by atoms with E-state index in [1.165, 1.54) is 0 Å². The number of hydrogen-bond donors (Lipinski definition) is 1. The fourth-order valence-corrected chi connectivity index (χ4v) is 2.90. The molecule has 0 fully saturated rings. The second-order valence-corrected chi connectivity index (χ2v) is 4.98. The number of carboxylic acid groups (broad SMARTS) is 1. The highest BCUT2D eigenvalue weighted by atomic mass is 32.1. The number of hydrogen-bond acceptors (Lipinski definition) is 2. The molecule has 0 saturated heterocycles. The summed E-state index contributed by atoms with van der Waals surface area (Å²) in [5.41, 5.74) is 2.36. The van der Waals surface area contributed by atoms with E-state index < -0.39 is 5.97 Å². The van der Waals surface area contributed by atoms with Crippen LogP contribution in [0.4, 0.5) is 0 Å². The number of benzene rings is 2. The Bertz CT molecular complexity index is 714. The first kappa shape index (κ1) is 11.0. The summed E-state index contributed by atoms with van der Waals surface area (Å²) in [7, 11) is 0. The van der Waals surface area contributed by atoms with Gasteiger partial charge in [-0.3, -0.25) is 0 Å². The minimum Gasteiger partial charge on any atom is -0.478 e. The fraction of sp³-hybridized carbons (Fsp3) is 0. The van der Waals surface area contributed by atoms with Gasteiger partial charge in [-0.15, -0.1) is 11.3 Å². The smallest absolute Gasteiger partial charge is 0.335 e. The van der Waals surface area contributed by atoms with Gasteiger partial charge in [0, 0.05) is 10.1 Å². The first-order chi connectivity index (χ1) is 8.75. The second-order valence-electron chi connectivity index (χ2n) is 4.03. The van der Waals surface area contributed by atoms with Crippen LogP contribution in [0.2, 0.25) is 0 Å². The number of carbonyl (C=O) groups is 1. The average Bonchev–Trinajstić information content (AvgIpc) is 2.86. The summed E-state index contributed by atoms with van der Waals surface area (Å²) in [5, 5.41) is 12.3. The Kier molecular flexibility index (Phi) is 2.61. The molecule has 18 heavy (non-hydrogen) atoms. The van der Waals surface area contributed by atoms with Crippen molar-refractivity contribution in [2.75, 3.05) is 0 Å². The summed E-state index contributed by atoms with van der Waals surface area (Å²) >= 11 is 1.56. The Morgan fingerprint density at radius 3 is 2.56 bits per heavy atom. The molecule has 0 saturated carbocycles. The highest BCUT2D eigenvalue weighted by Crippen LogP contribution is 2.33. The van der Waals surface area contributed by atoms with Crippen molar-refractivity contribution in [3.05, 3.63) is 59.5 Å². The largest absolute Gasteiger partial charge is 0.478 e. The number of carboxylic acids is 1. The van der Waals surface area contributed by atoms with Crippen LogP contribution in [-0.4, -0.2) is 11.1 Å². The van der Waals surface area contributed by atoms with Gasteiger partial charge < -0.3 is 5.11 Å². The maximum Gasteiger partial charge on any atom is 0.335 e. The van der Waals surface area contributed by atoms with Crippen LogP contribution in [0, 0.1) is 0 Å². The van der Waals surface area contributed by atoms with E-state index in [1.807, 2.05) is 41.8 Å². The lowest BCUT2D eigenvalue weighted by molar-refractivity contribution is 0.0697. The van der Waals surface area contributed by atoms with E-state index in [-0.39, 0.29) is 0 Å². The molecule has 0 bridgehead atoms. The van der Waals surface area contributed by atoms with Gasteiger partial charge in [0.2, 0.25) is 0 Å². The molecule has 1 heterocycles. The molecule has 1 aromatic heterocycles. The first-order valence-corrected chi connectivity index (χ1v) is 6.43. The van der Waals surface area contributed by atoms with Gasteiger partial charge in [-0.1, -0.05) is 30.3 Å². The molecule has 3 rings (SSSR count). The Balaban J connectivity index is 2.33. The van der Waals surface area contributed by atoms with Crippen molar-refractivity contribution < 1.29 is 9.90 Å². The third kappa shape index (κ3) is 1.79. The van der Waals surface area contributed by atoms with Gasteiger partial charge in [-0.2, -0.15) is 0 Å². The van der Waals surface area contributed by atoms with Crippen molar-refractivity contribution in [1.82, 2.24) is 0 Å². The van der Waals surface area contributed by atoms with Crippen LogP contribution >= 0.6 is 11.3 Å². The van der Waals surface area contributed by atoms with Crippen molar-refractivity contribution in [3.8, 4) is 11.1 Å². The summed E-state index contributed by atoms with van der Waals surface area (Å²) in [5.74, 6) is -0.887. The molecule has 3 aromatic rings. The minimum atomic E-state index is -0.887. The number of fused-ring (bicyclic) bond motifs is 1. The summed E-state index contributed by atoms with van der Waals surface area (Å²) in [6.07, 6.45) is 0. The number of thiophene rings is 1. The zero-order chi connectivity index (χ0) is 12.5. The molecule has 0 aliphatic rings. The zero-order valence-electron chi connectivity index (χ0n) is 9.46. The van der Waals surface area contributed by atoms with E-state index in [2.05, 4.69) is 0 Å². The van der Waals surface area contributed by atoms with Crippen molar-refractivity contribution in [2.24, 2.45) is 0 Å². The second kappa shape index (κ2) is 4.27. The summed E-state index contributed by atoms with van der Waals surface area (Å²) in [6.45, 7) is 0. The van der Waals surface area contributed by atoms with Gasteiger partial charge in [0.1, 0.15) is 0 Å². The molecule has 0 unspecified atom stereocenters. The molecule has 0 amide bonds. The van der Waals surface area contributed by atoms with E-state index in [4.69, 9.17) is 5.11 Å². The van der Waals surface area contributed by atoms with E-state index >= 15 is 0 Å². The van der Waals surface area contributed by atoms with Crippen LogP contribution in [0.1, 0.15) is 10.4 Å². The fourth-order valence-electron chi connectivity index (χ4n) is 2.05. The van der Waals surface area contributed by atoms with E-state index in [1.54, 1.807) is 23.5 Å². The molecule has 2 nitrogen and oxygen atoms in total. The SMILES string of the molecule is O=C(O)c1cc(-c2ccccc2)c2ccsc2c1. The molecule has 0 atom stereocenters. The molecule has 0 radical (unpaired) electrons. The van der Waals surface area contributed by atoms with E-state index in [9.17, 15) is 4.79 Å². The first-order valence-electron chi connectivity index (χ1n) is 5.55. The van der Waals surface area contributed by atoms with Crippen LogP contribution in [-0.2, 0) is 0 Å². The normalized spacial score (nSPS) is 10.7. The lowest BCUT2D eigenvalue weighted by atomic mass is 9.99. The average molecular weight is 254 g/mol. The number of aromatic carboxylic acids is 1. The van der Waals surface area contributed by atoms with Gasteiger partial charge in [0.25, 0.3) is 0 Å². The molecule has 2 aromatic carbocycles. The van der Waals surface area contributed by atoms with Gasteiger partial charge >= 0.3 is 5.97 Å². The zero-order valence-corrected chi connectivity index (χ0v) is 10.3. The van der Waals surface area contributed by atoms with Crippen molar-refractivity contribution in [3.63, 3.8) is 0 Å². The number of rotatable bonds is 2. The highest BCUT2D eigenvalue weighted by Gasteiger charge is 2.11. The third-order valence-electron chi connectivity index (χ3n) is 2.90. The van der Waals surface area contributed by atoms with Crippen LogP contribution in [0.15, 0.2) is 53.9 Å². The van der Waals surface area contributed by atoms with E-state index in [0.717, 1.165) is 21.2 Å². The Morgan fingerprint density at radius 1 is 1.06 bits per heavy atom. The molecule has 3 heteroatoms. The summed E-state index contributed by atoms with van der Waals surface area (Å²) < 4.78 is 1.01. The lowest BCUT2D eigenvalue weighted by Gasteiger charge is -2.05. The molecule has 88 valence electrons.